The molecule has 0 unspecified atom stereocenters. The lowest BCUT2D eigenvalue weighted by Crippen LogP contribution is -2.22. The number of aryl methyl sites for hydroxylation is 1. The van der Waals surface area contributed by atoms with Gasteiger partial charge in [-0.1, -0.05) is 12.1 Å². The van der Waals surface area contributed by atoms with E-state index in [1.54, 1.807) is 25.1 Å². The number of carbonyl (C=O) groups excluding carboxylic acids is 1. The molecule has 0 saturated carbocycles. The summed E-state index contributed by atoms with van der Waals surface area (Å²) in [4.78, 5) is 10.6. The zero-order chi connectivity index (χ0) is 12.0. The van der Waals surface area contributed by atoms with Gasteiger partial charge in [0.2, 0.25) is 5.91 Å². The number of carbonyl (C=O) groups is 1. The highest BCUT2D eigenvalue weighted by atomic mass is 19.1. The molecule has 1 aromatic rings. The van der Waals surface area contributed by atoms with Crippen molar-refractivity contribution in [3.8, 4) is 5.75 Å². The fourth-order valence-electron chi connectivity index (χ4n) is 1.25. The Hall–Kier alpha value is -1.58. The van der Waals surface area contributed by atoms with Crippen LogP contribution in [0.25, 0.3) is 0 Å². The Bertz CT molecular complexity index is 366. The van der Waals surface area contributed by atoms with Crippen molar-refractivity contribution in [3.05, 3.63) is 29.6 Å². The number of hydrogen-bond acceptors (Lipinski definition) is 2. The second-order valence-electron chi connectivity index (χ2n) is 3.57. The van der Waals surface area contributed by atoms with Crippen LogP contribution in [-0.2, 0) is 4.79 Å². The van der Waals surface area contributed by atoms with E-state index in [0.717, 1.165) is 0 Å². The van der Waals surface area contributed by atoms with E-state index in [2.05, 4.69) is 5.32 Å². The average Bonchev–Trinajstić information content (AvgIpc) is 2.23. The van der Waals surface area contributed by atoms with E-state index in [1.807, 2.05) is 0 Å². The number of hydrogen-bond donors (Lipinski definition) is 1. The summed E-state index contributed by atoms with van der Waals surface area (Å²) in [5.74, 6) is -0.119. The molecule has 0 aliphatic heterocycles. The van der Waals surface area contributed by atoms with Crippen LogP contribution in [0.15, 0.2) is 18.2 Å². The summed E-state index contributed by atoms with van der Waals surface area (Å²) in [6.07, 6.45) is 0.660. The van der Waals surface area contributed by atoms with E-state index in [4.69, 9.17) is 4.74 Å². The molecule has 0 saturated heterocycles. The van der Waals surface area contributed by atoms with Crippen LogP contribution in [0.2, 0.25) is 0 Å². The van der Waals surface area contributed by atoms with Crippen LogP contribution in [0.3, 0.4) is 0 Å². The first-order valence-electron chi connectivity index (χ1n) is 5.23. The number of amides is 1. The Morgan fingerprint density at radius 2 is 2.25 bits per heavy atom. The molecule has 16 heavy (non-hydrogen) atoms. The van der Waals surface area contributed by atoms with Crippen LogP contribution in [0, 0.1) is 12.7 Å². The van der Waals surface area contributed by atoms with Crippen molar-refractivity contribution in [1.29, 1.82) is 0 Å². The first-order valence-corrected chi connectivity index (χ1v) is 5.23. The van der Waals surface area contributed by atoms with Crippen molar-refractivity contribution in [2.24, 2.45) is 0 Å². The van der Waals surface area contributed by atoms with Crippen molar-refractivity contribution in [3.63, 3.8) is 0 Å². The molecule has 88 valence electrons. The van der Waals surface area contributed by atoms with E-state index >= 15 is 0 Å². The normalized spacial score (nSPS) is 9.94. The zero-order valence-corrected chi connectivity index (χ0v) is 9.55. The van der Waals surface area contributed by atoms with Gasteiger partial charge in [0, 0.05) is 13.5 Å². The lowest BCUT2D eigenvalue weighted by molar-refractivity contribution is -0.118. The third-order valence-corrected chi connectivity index (χ3v) is 2.11. The lowest BCUT2D eigenvalue weighted by atomic mass is 10.2. The van der Waals surface area contributed by atoms with Gasteiger partial charge >= 0.3 is 0 Å². The molecule has 0 spiro atoms. The highest BCUT2D eigenvalue weighted by Crippen LogP contribution is 2.19. The number of benzene rings is 1. The smallest absolute Gasteiger partial charge is 0.216 e. The molecule has 0 radical (unpaired) electrons. The summed E-state index contributed by atoms with van der Waals surface area (Å²) in [6, 6.07) is 5.04. The van der Waals surface area contributed by atoms with Gasteiger partial charge in [0.05, 0.1) is 6.61 Å². The number of nitrogens with one attached hydrogen (secondary N) is 1. The summed E-state index contributed by atoms with van der Waals surface area (Å²) in [5.41, 5.74) is 0.569. The van der Waals surface area contributed by atoms with Gasteiger partial charge in [-0.05, 0) is 25.0 Å². The van der Waals surface area contributed by atoms with Gasteiger partial charge in [-0.3, -0.25) is 4.79 Å². The first-order chi connectivity index (χ1) is 7.61. The van der Waals surface area contributed by atoms with Gasteiger partial charge in [-0.2, -0.15) is 0 Å². The van der Waals surface area contributed by atoms with E-state index in [-0.39, 0.29) is 17.5 Å². The predicted octanol–water partition coefficient (Wildman–Crippen LogP) is 2.04. The summed E-state index contributed by atoms with van der Waals surface area (Å²) in [7, 11) is 0. The molecule has 0 aliphatic carbocycles. The maximum atomic E-state index is 13.4. The highest BCUT2D eigenvalue weighted by molar-refractivity contribution is 5.72. The SMILES string of the molecule is CC(=O)NCCCOc1cccc(C)c1F. The van der Waals surface area contributed by atoms with E-state index < -0.39 is 0 Å². The van der Waals surface area contributed by atoms with Crippen LogP contribution >= 0.6 is 0 Å². The number of ether oxygens (including phenoxy) is 1. The molecule has 0 atom stereocenters. The van der Waals surface area contributed by atoms with Gasteiger partial charge < -0.3 is 10.1 Å². The summed E-state index contributed by atoms with van der Waals surface area (Å²) in [5, 5.41) is 2.65. The van der Waals surface area contributed by atoms with Gasteiger partial charge in [0.25, 0.3) is 0 Å². The molecular weight excluding hydrogens is 209 g/mol. The predicted molar refractivity (Wildman–Crippen MR) is 59.9 cm³/mol. The fraction of sp³-hybridized carbons (Fsp3) is 0.417. The maximum absolute atomic E-state index is 13.4. The minimum Gasteiger partial charge on any atom is -0.490 e. The van der Waals surface area contributed by atoms with Crippen LogP contribution in [-0.4, -0.2) is 19.1 Å². The van der Waals surface area contributed by atoms with Gasteiger partial charge in [-0.25, -0.2) is 4.39 Å². The standard InChI is InChI=1S/C12H16FNO2/c1-9-5-3-6-11(12(9)13)16-8-4-7-14-10(2)15/h3,5-6H,4,7-8H2,1-2H3,(H,14,15). The summed E-state index contributed by atoms with van der Waals surface area (Å²) in [6.45, 7) is 4.09. The fourth-order valence-corrected chi connectivity index (χ4v) is 1.25. The minimum absolute atomic E-state index is 0.0678. The average molecular weight is 225 g/mol. The number of rotatable bonds is 5. The molecule has 3 nitrogen and oxygen atoms in total. The van der Waals surface area contributed by atoms with Crippen LogP contribution in [0.5, 0.6) is 5.75 Å². The second kappa shape index (κ2) is 6.10. The largest absolute Gasteiger partial charge is 0.490 e. The Kier molecular flexibility index (Phi) is 4.76. The highest BCUT2D eigenvalue weighted by Gasteiger charge is 2.04. The molecule has 1 aromatic carbocycles. The first kappa shape index (κ1) is 12.5. The summed E-state index contributed by atoms with van der Waals surface area (Å²) >= 11 is 0. The molecule has 0 fully saturated rings. The van der Waals surface area contributed by atoms with E-state index in [0.29, 0.717) is 25.1 Å². The Morgan fingerprint density at radius 3 is 2.94 bits per heavy atom. The molecule has 1 rings (SSSR count). The van der Waals surface area contributed by atoms with Crippen LogP contribution in [0.4, 0.5) is 4.39 Å². The van der Waals surface area contributed by atoms with E-state index in [1.165, 1.54) is 6.92 Å². The van der Waals surface area contributed by atoms with Gasteiger partial charge in [0.1, 0.15) is 0 Å². The monoisotopic (exact) mass is 225 g/mol. The van der Waals surface area contributed by atoms with Gasteiger partial charge in [-0.15, -0.1) is 0 Å². The Labute approximate surface area is 94.6 Å². The third-order valence-electron chi connectivity index (χ3n) is 2.11. The minimum atomic E-state index is -0.318. The number of halogens is 1. The molecule has 0 bridgehead atoms. The molecular formula is C12H16FNO2. The molecule has 1 N–H and O–H groups in total. The van der Waals surface area contributed by atoms with E-state index in [9.17, 15) is 9.18 Å². The quantitative estimate of drug-likeness (QED) is 0.779. The van der Waals surface area contributed by atoms with Crippen molar-refractivity contribution in [1.82, 2.24) is 5.32 Å². The Morgan fingerprint density at radius 1 is 1.50 bits per heavy atom. The maximum Gasteiger partial charge on any atom is 0.216 e. The Balaban J connectivity index is 2.32. The molecule has 4 heteroatoms. The van der Waals surface area contributed by atoms with Crippen molar-refractivity contribution < 1.29 is 13.9 Å². The second-order valence-corrected chi connectivity index (χ2v) is 3.57. The molecule has 0 aromatic heterocycles. The van der Waals surface area contributed by atoms with Crippen molar-refractivity contribution in [2.75, 3.05) is 13.2 Å². The third kappa shape index (κ3) is 3.88. The van der Waals surface area contributed by atoms with Crippen LogP contribution in [0.1, 0.15) is 18.9 Å². The molecule has 0 heterocycles. The molecule has 1 amide bonds. The summed E-state index contributed by atoms with van der Waals surface area (Å²) < 4.78 is 18.7. The molecule has 0 aliphatic rings. The van der Waals surface area contributed by atoms with Crippen molar-refractivity contribution >= 4 is 5.91 Å². The topological polar surface area (TPSA) is 38.3 Å². The zero-order valence-electron chi connectivity index (χ0n) is 9.55. The van der Waals surface area contributed by atoms with Crippen LogP contribution < -0.4 is 10.1 Å². The van der Waals surface area contributed by atoms with Crippen molar-refractivity contribution in [2.45, 2.75) is 20.3 Å². The lowest BCUT2D eigenvalue weighted by Gasteiger charge is -2.08. The van der Waals surface area contributed by atoms with Gasteiger partial charge in [0.15, 0.2) is 11.6 Å².